The number of carboxylic acid groups (broad SMARTS) is 1. The molecular formula is C14H19NO2. The van der Waals surface area contributed by atoms with E-state index in [0.29, 0.717) is 0 Å². The number of rotatable bonds is 2. The van der Waals surface area contributed by atoms with Gasteiger partial charge in [0.2, 0.25) is 0 Å². The molecule has 1 aliphatic heterocycles. The number of piperidine rings is 1. The Balaban J connectivity index is 2.20. The minimum Gasteiger partial charge on any atom is -0.481 e. The lowest BCUT2D eigenvalue weighted by Gasteiger charge is -2.36. The standard InChI is InChI=1S/C14H19NO2/c1-10-4-3-5-11(8-10)13-9-12(14(16)17)6-7-15(13)2/h3-5,8,12-13H,6-7,9H2,1-2H3,(H,16,17). The lowest BCUT2D eigenvalue weighted by molar-refractivity contribution is -0.144. The molecule has 17 heavy (non-hydrogen) atoms. The third kappa shape index (κ3) is 2.67. The molecule has 3 heteroatoms. The fourth-order valence-corrected chi connectivity index (χ4v) is 2.57. The molecule has 92 valence electrons. The molecule has 1 fully saturated rings. The van der Waals surface area contributed by atoms with Gasteiger partial charge in [-0.1, -0.05) is 29.8 Å². The summed E-state index contributed by atoms with van der Waals surface area (Å²) < 4.78 is 0. The molecule has 1 saturated heterocycles. The van der Waals surface area contributed by atoms with Crippen molar-refractivity contribution in [1.82, 2.24) is 4.90 Å². The molecule has 0 radical (unpaired) electrons. The minimum absolute atomic E-state index is 0.197. The molecule has 2 unspecified atom stereocenters. The molecule has 0 aromatic heterocycles. The highest BCUT2D eigenvalue weighted by atomic mass is 16.4. The van der Waals surface area contributed by atoms with E-state index in [2.05, 4.69) is 37.1 Å². The van der Waals surface area contributed by atoms with Gasteiger partial charge in [-0.25, -0.2) is 0 Å². The van der Waals surface area contributed by atoms with Gasteiger partial charge in [0.1, 0.15) is 0 Å². The van der Waals surface area contributed by atoms with Crippen LogP contribution in [0.4, 0.5) is 0 Å². The van der Waals surface area contributed by atoms with Crippen LogP contribution in [0, 0.1) is 12.8 Å². The molecule has 1 aromatic carbocycles. The second kappa shape index (κ2) is 4.88. The maximum atomic E-state index is 11.1. The van der Waals surface area contributed by atoms with Crippen molar-refractivity contribution in [2.45, 2.75) is 25.8 Å². The monoisotopic (exact) mass is 233 g/mol. The highest BCUT2D eigenvalue weighted by molar-refractivity contribution is 5.70. The predicted octanol–water partition coefficient (Wildman–Crippen LogP) is 2.46. The van der Waals surface area contributed by atoms with E-state index in [0.717, 1.165) is 19.4 Å². The molecule has 0 bridgehead atoms. The van der Waals surface area contributed by atoms with Crippen LogP contribution in [0.3, 0.4) is 0 Å². The Morgan fingerprint density at radius 3 is 2.88 bits per heavy atom. The topological polar surface area (TPSA) is 40.5 Å². The van der Waals surface area contributed by atoms with Gasteiger partial charge in [-0.15, -0.1) is 0 Å². The molecule has 0 saturated carbocycles. The normalized spacial score (nSPS) is 25.8. The highest BCUT2D eigenvalue weighted by Crippen LogP contribution is 2.33. The van der Waals surface area contributed by atoms with Crippen LogP contribution in [0.1, 0.15) is 30.0 Å². The SMILES string of the molecule is Cc1cccc(C2CC(C(=O)O)CCN2C)c1. The average molecular weight is 233 g/mol. The molecule has 0 amide bonds. The highest BCUT2D eigenvalue weighted by Gasteiger charge is 2.30. The maximum absolute atomic E-state index is 11.1. The van der Waals surface area contributed by atoms with Gasteiger partial charge < -0.3 is 5.11 Å². The predicted molar refractivity (Wildman–Crippen MR) is 66.9 cm³/mol. The van der Waals surface area contributed by atoms with Crippen molar-refractivity contribution in [2.24, 2.45) is 5.92 Å². The summed E-state index contributed by atoms with van der Waals surface area (Å²) in [7, 11) is 2.07. The Bertz CT molecular complexity index is 416. The van der Waals surface area contributed by atoms with E-state index in [9.17, 15) is 4.79 Å². The number of carbonyl (C=O) groups is 1. The number of aliphatic carboxylic acids is 1. The van der Waals surface area contributed by atoms with Crippen molar-refractivity contribution in [2.75, 3.05) is 13.6 Å². The van der Waals surface area contributed by atoms with Crippen LogP contribution in [0.2, 0.25) is 0 Å². The van der Waals surface area contributed by atoms with Gasteiger partial charge in [-0.2, -0.15) is 0 Å². The van der Waals surface area contributed by atoms with Crippen LogP contribution in [0.25, 0.3) is 0 Å². The lowest BCUT2D eigenvalue weighted by Crippen LogP contribution is -2.36. The Morgan fingerprint density at radius 2 is 2.24 bits per heavy atom. The number of benzene rings is 1. The zero-order valence-corrected chi connectivity index (χ0v) is 10.4. The van der Waals surface area contributed by atoms with Crippen molar-refractivity contribution >= 4 is 5.97 Å². The lowest BCUT2D eigenvalue weighted by atomic mass is 9.87. The first kappa shape index (κ1) is 12.1. The van der Waals surface area contributed by atoms with E-state index in [-0.39, 0.29) is 12.0 Å². The summed E-state index contributed by atoms with van der Waals surface area (Å²) in [5.41, 5.74) is 2.46. The van der Waals surface area contributed by atoms with Gasteiger partial charge in [0, 0.05) is 6.04 Å². The van der Waals surface area contributed by atoms with Gasteiger partial charge in [0.25, 0.3) is 0 Å². The average Bonchev–Trinajstić information content (AvgIpc) is 2.29. The van der Waals surface area contributed by atoms with Gasteiger partial charge in [-0.3, -0.25) is 9.69 Å². The Morgan fingerprint density at radius 1 is 1.47 bits per heavy atom. The molecule has 0 aliphatic carbocycles. The summed E-state index contributed by atoms with van der Waals surface area (Å²) in [5.74, 6) is -0.854. The second-order valence-corrected chi connectivity index (χ2v) is 4.97. The van der Waals surface area contributed by atoms with Crippen LogP contribution in [-0.2, 0) is 4.79 Å². The molecule has 2 rings (SSSR count). The fraction of sp³-hybridized carbons (Fsp3) is 0.500. The summed E-state index contributed by atoms with van der Waals surface area (Å²) in [5, 5.41) is 9.13. The number of carboxylic acids is 1. The Labute approximate surface area is 102 Å². The second-order valence-electron chi connectivity index (χ2n) is 4.97. The van der Waals surface area contributed by atoms with Crippen LogP contribution < -0.4 is 0 Å². The zero-order chi connectivity index (χ0) is 12.4. The minimum atomic E-state index is -0.657. The van der Waals surface area contributed by atoms with Crippen molar-refractivity contribution in [1.29, 1.82) is 0 Å². The maximum Gasteiger partial charge on any atom is 0.306 e. The number of nitrogens with zero attached hydrogens (tertiary/aromatic N) is 1. The molecule has 1 heterocycles. The Hall–Kier alpha value is -1.35. The van der Waals surface area contributed by atoms with E-state index >= 15 is 0 Å². The van der Waals surface area contributed by atoms with Crippen LogP contribution in [0.5, 0.6) is 0 Å². The zero-order valence-electron chi connectivity index (χ0n) is 10.4. The first-order valence-electron chi connectivity index (χ1n) is 6.07. The van der Waals surface area contributed by atoms with Gasteiger partial charge in [0.15, 0.2) is 0 Å². The van der Waals surface area contributed by atoms with E-state index in [1.165, 1.54) is 11.1 Å². The number of hydrogen-bond donors (Lipinski definition) is 1. The molecule has 0 spiro atoms. The van der Waals surface area contributed by atoms with Crippen LogP contribution in [0.15, 0.2) is 24.3 Å². The molecule has 2 atom stereocenters. The van der Waals surface area contributed by atoms with Crippen molar-refractivity contribution < 1.29 is 9.90 Å². The fourth-order valence-electron chi connectivity index (χ4n) is 2.57. The molecule has 1 N–H and O–H groups in total. The van der Waals surface area contributed by atoms with Gasteiger partial charge in [-0.05, 0) is 38.9 Å². The molecule has 1 aromatic rings. The van der Waals surface area contributed by atoms with Gasteiger partial charge in [0.05, 0.1) is 5.92 Å². The third-order valence-corrected chi connectivity index (χ3v) is 3.65. The largest absolute Gasteiger partial charge is 0.481 e. The van der Waals surface area contributed by atoms with E-state index < -0.39 is 5.97 Å². The third-order valence-electron chi connectivity index (χ3n) is 3.65. The number of hydrogen-bond acceptors (Lipinski definition) is 2. The smallest absolute Gasteiger partial charge is 0.306 e. The van der Waals surface area contributed by atoms with Crippen LogP contribution >= 0.6 is 0 Å². The van der Waals surface area contributed by atoms with Crippen molar-refractivity contribution in [3.05, 3.63) is 35.4 Å². The Kier molecular flexibility index (Phi) is 3.48. The quantitative estimate of drug-likeness (QED) is 0.853. The summed E-state index contributed by atoms with van der Waals surface area (Å²) in [4.78, 5) is 13.3. The molecular weight excluding hydrogens is 214 g/mol. The van der Waals surface area contributed by atoms with Crippen molar-refractivity contribution in [3.63, 3.8) is 0 Å². The van der Waals surface area contributed by atoms with Crippen LogP contribution in [-0.4, -0.2) is 29.6 Å². The van der Waals surface area contributed by atoms with Crippen molar-refractivity contribution in [3.8, 4) is 0 Å². The number of aryl methyl sites for hydroxylation is 1. The van der Waals surface area contributed by atoms with E-state index in [1.807, 2.05) is 6.07 Å². The summed E-state index contributed by atoms with van der Waals surface area (Å²) in [6, 6.07) is 8.61. The first-order valence-corrected chi connectivity index (χ1v) is 6.07. The number of likely N-dealkylation sites (tertiary alicyclic amines) is 1. The first-order chi connectivity index (χ1) is 8.08. The summed E-state index contributed by atoms with van der Waals surface area (Å²) >= 11 is 0. The molecule has 1 aliphatic rings. The summed E-state index contributed by atoms with van der Waals surface area (Å²) in [6.07, 6.45) is 1.48. The molecule has 3 nitrogen and oxygen atoms in total. The van der Waals surface area contributed by atoms with E-state index in [4.69, 9.17) is 5.11 Å². The van der Waals surface area contributed by atoms with Gasteiger partial charge >= 0.3 is 5.97 Å². The summed E-state index contributed by atoms with van der Waals surface area (Å²) in [6.45, 7) is 2.93. The van der Waals surface area contributed by atoms with E-state index in [1.54, 1.807) is 0 Å².